The molecule has 0 aromatic heterocycles. The minimum absolute atomic E-state index is 0.0864. The van der Waals surface area contributed by atoms with Crippen molar-refractivity contribution in [1.82, 2.24) is 10.4 Å². The summed E-state index contributed by atoms with van der Waals surface area (Å²) in [4.78, 5) is 26.1. The number of benzene rings is 2. The number of rotatable bonds is 4. The van der Waals surface area contributed by atoms with Crippen LogP contribution in [0.2, 0.25) is 0 Å². The third-order valence-corrected chi connectivity index (χ3v) is 5.45. The van der Waals surface area contributed by atoms with Gasteiger partial charge < -0.3 is 4.90 Å². The van der Waals surface area contributed by atoms with Gasteiger partial charge in [0, 0.05) is 6.54 Å². The van der Waals surface area contributed by atoms with Crippen LogP contribution in [0.4, 0.5) is 0 Å². The summed E-state index contributed by atoms with van der Waals surface area (Å²) in [6, 6.07) is 15.7. The molecule has 2 amide bonds. The van der Waals surface area contributed by atoms with Crippen molar-refractivity contribution >= 4 is 11.8 Å². The second kappa shape index (κ2) is 6.92. The molecule has 3 rings (SSSR count). The number of nitrogens with zero attached hydrogens (tertiary/aromatic N) is 1. The summed E-state index contributed by atoms with van der Waals surface area (Å²) in [5, 5.41) is 8.82. The Bertz CT molecular complexity index is 814. The molecule has 1 aliphatic heterocycles. The van der Waals surface area contributed by atoms with Crippen molar-refractivity contribution in [2.75, 3.05) is 6.54 Å². The van der Waals surface area contributed by atoms with E-state index in [4.69, 9.17) is 5.21 Å². The molecular weight excluding hydrogens is 328 g/mol. The van der Waals surface area contributed by atoms with Crippen LogP contribution in [-0.2, 0) is 15.0 Å². The zero-order valence-electron chi connectivity index (χ0n) is 15.3. The van der Waals surface area contributed by atoms with E-state index < -0.39 is 17.4 Å². The fraction of sp³-hybridized carbons (Fsp3) is 0.333. The molecule has 1 aliphatic rings. The van der Waals surface area contributed by atoms with Crippen molar-refractivity contribution in [3.8, 4) is 11.1 Å². The van der Waals surface area contributed by atoms with E-state index in [9.17, 15) is 9.59 Å². The van der Waals surface area contributed by atoms with Crippen molar-refractivity contribution in [3.63, 3.8) is 0 Å². The van der Waals surface area contributed by atoms with Gasteiger partial charge in [0.1, 0.15) is 6.04 Å². The molecule has 1 fully saturated rings. The van der Waals surface area contributed by atoms with Crippen LogP contribution < -0.4 is 5.48 Å². The Balaban J connectivity index is 1.83. The van der Waals surface area contributed by atoms with Crippen molar-refractivity contribution in [2.45, 2.75) is 38.6 Å². The zero-order valence-corrected chi connectivity index (χ0v) is 15.3. The molecule has 1 saturated heterocycles. The van der Waals surface area contributed by atoms with E-state index in [0.29, 0.717) is 13.0 Å². The fourth-order valence-electron chi connectivity index (χ4n) is 3.52. The molecule has 0 radical (unpaired) electrons. The molecule has 136 valence electrons. The second-order valence-corrected chi connectivity index (χ2v) is 7.18. The first-order valence-electron chi connectivity index (χ1n) is 8.79. The van der Waals surface area contributed by atoms with Gasteiger partial charge in [-0.1, -0.05) is 54.1 Å². The Hall–Kier alpha value is -2.66. The van der Waals surface area contributed by atoms with Crippen LogP contribution in [0.15, 0.2) is 48.5 Å². The molecule has 2 aromatic rings. The third-order valence-electron chi connectivity index (χ3n) is 5.45. The standard InChI is InChI=1S/C21H24N2O3/c1-14-4-6-16(7-5-14)17-8-10-18(11-9-17)21(3)12-13-23(20(21)25)15(2)19(24)22-26/h4-11,15,26H,12-13H2,1-3H3,(H,22,24). The number of amides is 2. The summed E-state index contributed by atoms with van der Waals surface area (Å²) in [7, 11) is 0. The second-order valence-electron chi connectivity index (χ2n) is 7.18. The molecule has 0 bridgehead atoms. The van der Waals surface area contributed by atoms with Crippen LogP contribution in [0.3, 0.4) is 0 Å². The Kier molecular flexibility index (Phi) is 4.83. The van der Waals surface area contributed by atoms with E-state index in [0.717, 1.165) is 16.7 Å². The number of hydroxylamine groups is 1. The molecule has 0 spiro atoms. The fourth-order valence-corrected chi connectivity index (χ4v) is 3.52. The van der Waals surface area contributed by atoms with Crippen molar-refractivity contribution in [3.05, 3.63) is 59.7 Å². The minimum Gasteiger partial charge on any atom is -0.330 e. The van der Waals surface area contributed by atoms with Crippen molar-refractivity contribution in [1.29, 1.82) is 0 Å². The summed E-state index contributed by atoms with van der Waals surface area (Å²) in [6.45, 7) is 6.09. The molecule has 2 aromatic carbocycles. The predicted molar refractivity (Wildman–Crippen MR) is 99.7 cm³/mol. The van der Waals surface area contributed by atoms with Gasteiger partial charge in [-0.3, -0.25) is 14.8 Å². The van der Waals surface area contributed by atoms with E-state index in [2.05, 4.69) is 31.2 Å². The van der Waals surface area contributed by atoms with Gasteiger partial charge in [0.05, 0.1) is 5.41 Å². The first-order valence-corrected chi connectivity index (χ1v) is 8.79. The van der Waals surface area contributed by atoms with Crippen LogP contribution in [-0.4, -0.2) is 34.5 Å². The van der Waals surface area contributed by atoms with E-state index in [-0.39, 0.29) is 5.91 Å². The number of carbonyl (C=O) groups is 2. The van der Waals surface area contributed by atoms with Gasteiger partial charge in [-0.25, -0.2) is 5.48 Å². The van der Waals surface area contributed by atoms with E-state index in [1.165, 1.54) is 10.5 Å². The first-order chi connectivity index (χ1) is 12.4. The van der Waals surface area contributed by atoms with Crippen molar-refractivity contribution in [2.24, 2.45) is 0 Å². The average Bonchev–Trinajstić information content (AvgIpc) is 2.97. The highest BCUT2D eigenvalue weighted by Gasteiger charge is 2.46. The Morgan fingerprint density at radius 3 is 2.19 bits per heavy atom. The highest BCUT2D eigenvalue weighted by Crippen LogP contribution is 2.37. The first kappa shape index (κ1) is 18.1. The van der Waals surface area contributed by atoms with Crippen LogP contribution >= 0.6 is 0 Å². The third kappa shape index (κ3) is 3.10. The Morgan fingerprint density at radius 2 is 1.65 bits per heavy atom. The summed E-state index contributed by atoms with van der Waals surface area (Å²) >= 11 is 0. The molecule has 26 heavy (non-hydrogen) atoms. The number of carbonyl (C=O) groups excluding carboxylic acids is 2. The van der Waals surface area contributed by atoms with Crippen LogP contribution in [0.25, 0.3) is 11.1 Å². The summed E-state index contributed by atoms with van der Waals surface area (Å²) in [5.74, 6) is -0.658. The summed E-state index contributed by atoms with van der Waals surface area (Å²) < 4.78 is 0. The molecule has 2 unspecified atom stereocenters. The normalized spacial score (nSPS) is 20.9. The highest BCUT2D eigenvalue weighted by atomic mass is 16.5. The molecule has 1 heterocycles. The minimum atomic E-state index is -0.693. The lowest BCUT2D eigenvalue weighted by Gasteiger charge is -2.27. The molecular formula is C21H24N2O3. The molecule has 2 atom stereocenters. The van der Waals surface area contributed by atoms with Gasteiger partial charge >= 0.3 is 0 Å². The van der Waals surface area contributed by atoms with Crippen LogP contribution in [0.1, 0.15) is 31.4 Å². The Labute approximate surface area is 153 Å². The van der Waals surface area contributed by atoms with Gasteiger partial charge in [-0.15, -0.1) is 0 Å². The van der Waals surface area contributed by atoms with E-state index >= 15 is 0 Å². The largest absolute Gasteiger partial charge is 0.330 e. The van der Waals surface area contributed by atoms with E-state index in [1.54, 1.807) is 12.4 Å². The van der Waals surface area contributed by atoms with Crippen LogP contribution in [0.5, 0.6) is 0 Å². The summed E-state index contributed by atoms with van der Waals surface area (Å²) in [5.41, 5.74) is 5.37. The predicted octanol–water partition coefficient (Wildman–Crippen LogP) is 3.05. The number of nitrogens with one attached hydrogen (secondary N) is 1. The molecule has 5 nitrogen and oxygen atoms in total. The maximum absolute atomic E-state index is 12.9. The Morgan fingerprint density at radius 1 is 1.12 bits per heavy atom. The van der Waals surface area contributed by atoms with Gasteiger partial charge in [-0.2, -0.15) is 0 Å². The monoisotopic (exact) mass is 352 g/mol. The topological polar surface area (TPSA) is 69.6 Å². The SMILES string of the molecule is Cc1ccc(-c2ccc(C3(C)CCN(C(C)C(=O)NO)C3=O)cc2)cc1. The van der Waals surface area contributed by atoms with Gasteiger partial charge in [0.2, 0.25) is 5.91 Å². The van der Waals surface area contributed by atoms with Crippen LogP contribution in [0, 0.1) is 6.92 Å². The lowest BCUT2D eigenvalue weighted by Crippen LogP contribution is -2.47. The lowest BCUT2D eigenvalue weighted by molar-refractivity contribution is -0.143. The average molecular weight is 352 g/mol. The lowest BCUT2D eigenvalue weighted by atomic mass is 9.80. The van der Waals surface area contributed by atoms with Gasteiger partial charge in [0.25, 0.3) is 5.91 Å². The number of aryl methyl sites for hydroxylation is 1. The molecule has 0 saturated carbocycles. The van der Waals surface area contributed by atoms with Gasteiger partial charge in [0.15, 0.2) is 0 Å². The number of hydrogen-bond acceptors (Lipinski definition) is 3. The van der Waals surface area contributed by atoms with Crippen molar-refractivity contribution < 1.29 is 14.8 Å². The van der Waals surface area contributed by atoms with E-state index in [1.807, 2.05) is 31.2 Å². The number of likely N-dealkylation sites (tertiary alicyclic amines) is 1. The number of hydrogen-bond donors (Lipinski definition) is 2. The molecule has 5 heteroatoms. The maximum Gasteiger partial charge on any atom is 0.265 e. The quantitative estimate of drug-likeness (QED) is 0.656. The smallest absolute Gasteiger partial charge is 0.265 e. The zero-order chi connectivity index (χ0) is 18.9. The molecule has 2 N–H and O–H groups in total. The summed E-state index contributed by atoms with van der Waals surface area (Å²) in [6.07, 6.45) is 0.638. The molecule has 0 aliphatic carbocycles. The maximum atomic E-state index is 12.9. The van der Waals surface area contributed by atoms with Gasteiger partial charge in [-0.05, 0) is 43.9 Å². The highest BCUT2D eigenvalue weighted by molar-refractivity contribution is 5.94.